The zero-order valence-electron chi connectivity index (χ0n) is 12.1. The molecule has 0 bridgehead atoms. The molecule has 1 fully saturated rings. The molecule has 1 aromatic carbocycles. The van der Waals surface area contributed by atoms with Crippen molar-refractivity contribution in [2.75, 3.05) is 33.3 Å². The van der Waals surface area contributed by atoms with E-state index in [0.29, 0.717) is 36.2 Å². The van der Waals surface area contributed by atoms with Gasteiger partial charge in [-0.25, -0.2) is 0 Å². The molecular formula is C14H18BrF3N2O2. The summed E-state index contributed by atoms with van der Waals surface area (Å²) in [5.74, 6) is 0.0454. The zero-order valence-corrected chi connectivity index (χ0v) is 13.7. The first-order chi connectivity index (χ1) is 10.3. The number of phenols is 1. The molecule has 0 aromatic heterocycles. The van der Waals surface area contributed by atoms with Gasteiger partial charge in [0, 0.05) is 32.2 Å². The molecule has 1 aromatic rings. The topological polar surface area (TPSA) is 44.7 Å². The predicted octanol–water partition coefficient (Wildman–Crippen LogP) is 3.06. The van der Waals surface area contributed by atoms with Gasteiger partial charge in [0.1, 0.15) is 0 Å². The van der Waals surface area contributed by atoms with E-state index in [9.17, 15) is 18.3 Å². The zero-order chi connectivity index (χ0) is 16.3. The second kappa shape index (κ2) is 7.06. The summed E-state index contributed by atoms with van der Waals surface area (Å²) in [6, 6.07) is 2.20. The normalized spacial score (nSPS) is 18.2. The lowest BCUT2D eigenvalue weighted by molar-refractivity contribution is -0.148. The van der Waals surface area contributed by atoms with E-state index >= 15 is 0 Å². The first-order valence-electron chi connectivity index (χ1n) is 6.89. The van der Waals surface area contributed by atoms with E-state index in [1.165, 1.54) is 19.2 Å². The molecule has 0 spiro atoms. The fourth-order valence-corrected chi connectivity index (χ4v) is 3.07. The highest BCUT2D eigenvalue weighted by molar-refractivity contribution is 9.10. The van der Waals surface area contributed by atoms with Crippen molar-refractivity contribution < 1.29 is 23.0 Å². The minimum absolute atomic E-state index is 0.114. The first-order valence-corrected chi connectivity index (χ1v) is 7.69. The number of halogens is 4. The highest BCUT2D eigenvalue weighted by atomic mass is 79.9. The van der Waals surface area contributed by atoms with Crippen LogP contribution in [0.4, 0.5) is 13.2 Å². The van der Waals surface area contributed by atoms with Crippen LogP contribution >= 0.6 is 15.9 Å². The maximum atomic E-state index is 13.0. The minimum atomic E-state index is -4.27. The molecule has 2 rings (SSSR count). The van der Waals surface area contributed by atoms with Gasteiger partial charge < -0.3 is 15.2 Å². The summed E-state index contributed by atoms with van der Waals surface area (Å²) in [7, 11) is 1.37. The maximum Gasteiger partial charge on any atom is 0.390 e. The number of hydrogen-bond donors (Lipinski definition) is 2. The SMILES string of the molecule is COc1cc([C@H](CC(F)(F)F)N2CCNCC2)cc(Br)c1O. The lowest BCUT2D eigenvalue weighted by atomic mass is 10.00. The van der Waals surface area contributed by atoms with Crippen LogP contribution in [0, 0.1) is 0 Å². The van der Waals surface area contributed by atoms with Crippen molar-refractivity contribution >= 4 is 15.9 Å². The van der Waals surface area contributed by atoms with Crippen LogP contribution in [0.1, 0.15) is 18.0 Å². The van der Waals surface area contributed by atoms with E-state index in [-0.39, 0.29) is 11.5 Å². The van der Waals surface area contributed by atoms with Gasteiger partial charge in [-0.3, -0.25) is 4.90 Å². The second-order valence-electron chi connectivity index (χ2n) is 5.17. The number of aromatic hydroxyl groups is 1. The van der Waals surface area contributed by atoms with Crippen molar-refractivity contribution in [1.82, 2.24) is 10.2 Å². The number of hydrogen-bond acceptors (Lipinski definition) is 4. The van der Waals surface area contributed by atoms with Gasteiger partial charge in [-0.2, -0.15) is 13.2 Å². The largest absolute Gasteiger partial charge is 0.503 e. The number of benzene rings is 1. The van der Waals surface area contributed by atoms with Crippen LogP contribution in [0.5, 0.6) is 11.5 Å². The van der Waals surface area contributed by atoms with Crippen LogP contribution in [-0.4, -0.2) is 49.5 Å². The maximum absolute atomic E-state index is 13.0. The molecule has 1 aliphatic heterocycles. The molecule has 1 heterocycles. The Hall–Kier alpha value is -0.990. The van der Waals surface area contributed by atoms with Crippen LogP contribution in [0.2, 0.25) is 0 Å². The monoisotopic (exact) mass is 382 g/mol. The van der Waals surface area contributed by atoms with Crippen molar-refractivity contribution in [2.24, 2.45) is 0 Å². The minimum Gasteiger partial charge on any atom is -0.503 e. The molecule has 124 valence electrons. The van der Waals surface area contributed by atoms with Gasteiger partial charge in [-0.05, 0) is 33.6 Å². The summed E-state index contributed by atoms with van der Waals surface area (Å²) in [6.45, 7) is 2.40. The smallest absolute Gasteiger partial charge is 0.390 e. The summed E-state index contributed by atoms with van der Waals surface area (Å²) in [6.07, 6.45) is -5.21. The van der Waals surface area contributed by atoms with Crippen LogP contribution in [0.25, 0.3) is 0 Å². The Bertz CT molecular complexity index is 520. The number of nitrogens with zero attached hydrogens (tertiary/aromatic N) is 1. The number of alkyl halides is 3. The number of phenolic OH excluding ortho intramolecular Hbond substituents is 1. The second-order valence-corrected chi connectivity index (χ2v) is 6.03. The number of piperazine rings is 1. The highest BCUT2D eigenvalue weighted by Gasteiger charge is 2.36. The molecule has 0 unspecified atom stereocenters. The van der Waals surface area contributed by atoms with Gasteiger partial charge in [-0.15, -0.1) is 0 Å². The van der Waals surface area contributed by atoms with E-state index in [1.54, 1.807) is 0 Å². The fraction of sp³-hybridized carbons (Fsp3) is 0.571. The van der Waals surface area contributed by atoms with E-state index < -0.39 is 18.6 Å². The lowest BCUT2D eigenvalue weighted by Crippen LogP contribution is -2.46. The Labute approximate surface area is 135 Å². The molecule has 2 N–H and O–H groups in total. The van der Waals surface area contributed by atoms with Crippen molar-refractivity contribution in [3.8, 4) is 11.5 Å². The number of rotatable bonds is 4. The van der Waals surface area contributed by atoms with Gasteiger partial charge in [-0.1, -0.05) is 0 Å². The summed E-state index contributed by atoms with van der Waals surface area (Å²) in [4.78, 5) is 1.81. The fourth-order valence-electron chi connectivity index (χ4n) is 2.61. The molecule has 1 aliphatic rings. The first kappa shape index (κ1) is 17.4. The third-order valence-corrected chi connectivity index (χ3v) is 4.28. The van der Waals surface area contributed by atoms with Gasteiger partial charge in [0.05, 0.1) is 18.0 Å². The van der Waals surface area contributed by atoms with Crippen molar-refractivity contribution in [1.29, 1.82) is 0 Å². The predicted molar refractivity (Wildman–Crippen MR) is 80.2 cm³/mol. The van der Waals surface area contributed by atoms with E-state index in [2.05, 4.69) is 21.2 Å². The quantitative estimate of drug-likeness (QED) is 0.839. The van der Waals surface area contributed by atoms with Crippen LogP contribution < -0.4 is 10.1 Å². The van der Waals surface area contributed by atoms with E-state index in [1.807, 2.05) is 4.90 Å². The van der Waals surface area contributed by atoms with Gasteiger partial charge in [0.25, 0.3) is 0 Å². The third-order valence-electron chi connectivity index (χ3n) is 3.67. The molecule has 22 heavy (non-hydrogen) atoms. The summed E-state index contributed by atoms with van der Waals surface area (Å²) in [5.41, 5.74) is 0.473. The van der Waals surface area contributed by atoms with E-state index in [0.717, 1.165) is 0 Å². The average Bonchev–Trinajstić information content (AvgIpc) is 2.47. The van der Waals surface area contributed by atoms with Crippen LogP contribution in [-0.2, 0) is 0 Å². The third kappa shape index (κ3) is 4.27. The van der Waals surface area contributed by atoms with Crippen molar-refractivity contribution in [2.45, 2.75) is 18.6 Å². The molecule has 0 amide bonds. The number of methoxy groups -OCH3 is 1. The standard InChI is InChI=1S/C14H18BrF3N2O2/c1-22-12-7-9(6-10(15)13(12)21)11(8-14(16,17)18)20-4-2-19-3-5-20/h6-7,11,19,21H,2-5,8H2,1H3/t11-/m0/s1. The van der Waals surface area contributed by atoms with Crippen molar-refractivity contribution in [3.63, 3.8) is 0 Å². The van der Waals surface area contributed by atoms with Gasteiger partial charge >= 0.3 is 6.18 Å². The Balaban J connectivity index is 2.37. The summed E-state index contributed by atoms with van der Waals surface area (Å²) >= 11 is 3.17. The summed E-state index contributed by atoms with van der Waals surface area (Å²) < 4.78 is 44.3. The molecule has 0 aliphatic carbocycles. The lowest BCUT2D eigenvalue weighted by Gasteiger charge is -2.36. The molecule has 0 saturated carbocycles. The number of nitrogens with one attached hydrogen (secondary N) is 1. The molecule has 1 saturated heterocycles. The van der Waals surface area contributed by atoms with Gasteiger partial charge in [0.2, 0.25) is 0 Å². The molecule has 4 nitrogen and oxygen atoms in total. The highest BCUT2D eigenvalue weighted by Crippen LogP contribution is 2.41. The summed E-state index contributed by atoms with van der Waals surface area (Å²) in [5, 5.41) is 13.0. The van der Waals surface area contributed by atoms with Gasteiger partial charge in [0.15, 0.2) is 11.5 Å². The Morgan fingerprint density at radius 3 is 2.55 bits per heavy atom. The average molecular weight is 383 g/mol. The molecule has 0 radical (unpaired) electrons. The van der Waals surface area contributed by atoms with E-state index in [4.69, 9.17) is 4.74 Å². The number of ether oxygens (including phenoxy) is 1. The van der Waals surface area contributed by atoms with Crippen LogP contribution in [0.15, 0.2) is 16.6 Å². The molecule has 1 atom stereocenters. The van der Waals surface area contributed by atoms with Crippen LogP contribution in [0.3, 0.4) is 0 Å². The Kier molecular flexibility index (Phi) is 5.57. The molecule has 8 heteroatoms. The Morgan fingerprint density at radius 1 is 1.36 bits per heavy atom. The van der Waals surface area contributed by atoms with Crippen molar-refractivity contribution in [3.05, 3.63) is 22.2 Å². The Morgan fingerprint density at radius 2 is 2.00 bits per heavy atom. The molecular weight excluding hydrogens is 365 g/mol.